The lowest BCUT2D eigenvalue weighted by atomic mass is 10.1. The molecule has 0 saturated carbocycles. The molecular weight excluding hydrogens is 320 g/mol. The number of sulfonamides is 1. The highest BCUT2D eigenvalue weighted by Gasteiger charge is 2.28. The minimum absolute atomic E-state index is 0.405. The van der Waals surface area contributed by atoms with Crippen molar-refractivity contribution in [2.24, 2.45) is 0 Å². The van der Waals surface area contributed by atoms with Crippen molar-refractivity contribution in [1.29, 1.82) is 0 Å². The van der Waals surface area contributed by atoms with E-state index in [0.29, 0.717) is 18.0 Å². The summed E-state index contributed by atoms with van der Waals surface area (Å²) in [6, 6.07) is 15.7. The number of aryl methyl sites for hydroxylation is 2. The molecular formula is C19H24N2O2S. The molecule has 5 heteroatoms. The lowest BCUT2D eigenvalue weighted by Gasteiger charge is -2.34. The predicted molar refractivity (Wildman–Crippen MR) is 96.4 cm³/mol. The van der Waals surface area contributed by atoms with Crippen molar-refractivity contribution >= 4 is 10.0 Å². The molecule has 24 heavy (non-hydrogen) atoms. The predicted octanol–water partition coefficient (Wildman–Crippen LogP) is 2.81. The summed E-state index contributed by atoms with van der Waals surface area (Å²) in [4.78, 5) is 2.71. The Kier molecular flexibility index (Phi) is 5.04. The van der Waals surface area contributed by atoms with Gasteiger partial charge < -0.3 is 0 Å². The van der Waals surface area contributed by atoms with Crippen molar-refractivity contribution in [2.75, 3.05) is 26.2 Å². The molecule has 1 aliphatic heterocycles. The quantitative estimate of drug-likeness (QED) is 0.856. The molecule has 0 unspecified atom stereocenters. The van der Waals surface area contributed by atoms with E-state index in [-0.39, 0.29) is 0 Å². The number of hydrogen-bond acceptors (Lipinski definition) is 3. The molecule has 128 valence electrons. The Morgan fingerprint density at radius 2 is 1.54 bits per heavy atom. The molecule has 0 aliphatic carbocycles. The van der Waals surface area contributed by atoms with Crippen LogP contribution in [0.25, 0.3) is 0 Å². The van der Waals surface area contributed by atoms with Gasteiger partial charge in [0.2, 0.25) is 10.0 Å². The van der Waals surface area contributed by atoms with E-state index in [9.17, 15) is 8.42 Å². The third-order valence-electron chi connectivity index (χ3n) is 4.70. The van der Waals surface area contributed by atoms with Gasteiger partial charge >= 0.3 is 0 Å². The molecule has 2 aromatic rings. The average molecular weight is 344 g/mol. The van der Waals surface area contributed by atoms with Crippen molar-refractivity contribution in [3.05, 3.63) is 65.2 Å². The molecule has 0 bridgehead atoms. The lowest BCUT2D eigenvalue weighted by Crippen LogP contribution is -2.48. The van der Waals surface area contributed by atoms with Gasteiger partial charge in [-0.3, -0.25) is 4.90 Å². The molecule has 0 aromatic heterocycles. The first-order chi connectivity index (χ1) is 11.5. The van der Waals surface area contributed by atoms with Gasteiger partial charge in [-0.15, -0.1) is 0 Å². The van der Waals surface area contributed by atoms with Gasteiger partial charge in [-0.25, -0.2) is 8.42 Å². The second-order valence-corrected chi connectivity index (χ2v) is 8.35. The van der Waals surface area contributed by atoms with Crippen LogP contribution >= 0.6 is 0 Å². The summed E-state index contributed by atoms with van der Waals surface area (Å²) in [5, 5.41) is 0. The first-order valence-corrected chi connectivity index (χ1v) is 9.74. The largest absolute Gasteiger partial charge is 0.296 e. The molecule has 0 spiro atoms. The van der Waals surface area contributed by atoms with Gasteiger partial charge in [-0.1, -0.05) is 36.4 Å². The average Bonchev–Trinajstić information content (AvgIpc) is 2.58. The fourth-order valence-electron chi connectivity index (χ4n) is 2.99. The fourth-order valence-corrected chi connectivity index (χ4v) is 4.50. The fraction of sp³-hybridized carbons (Fsp3) is 0.368. The summed E-state index contributed by atoms with van der Waals surface area (Å²) in [5.41, 5.74) is 3.39. The first kappa shape index (κ1) is 17.1. The second-order valence-electron chi connectivity index (χ2n) is 6.41. The number of piperazine rings is 1. The van der Waals surface area contributed by atoms with Crippen LogP contribution < -0.4 is 0 Å². The highest BCUT2D eigenvalue weighted by molar-refractivity contribution is 7.89. The van der Waals surface area contributed by atoms with Crippen LogP contribution in [0.15, 0.2) is 53.4 Å². The first-order valence-electron chi connectivity index (χ1n) is 8.30. The summed E-state index contributed by atoms with van der Waals surface area (Å²) in [6.07, 6.45) is 0. The van der Waals surface area contributed by atoms with E-state index in [0.717, 1.165) is 30.8 Å². The molecule has 1 heterocycles. The second kappa shape index (κ2) is 7.05. The maximum atomic E-state index is 12.8. The van der Waals surface area contributed by atoms with E-state index in [1.807, 2.05) is 38.1 Å². The number of benzene rings is 2. The maximum absolute atomic E-state index is 12.8. The van der Waals surface area contributed by atoms with Crippen molar-refractivity contribution in [3.63, 3.8) is 0 Å². The molecule has 4 nitrogen and oxygen atoms in total. The van der Waals surface area contributed by atoms with Gasteiger partial charge in [0, 0.05) is 32.7 Å². The smallest absolute Gasteiger partial charge is 0.243 e. The molecule has 1 aliphatic rings. The summed E-state index contributed by atoms with van der Waals surface area (Å²) in [7, 11) is -3.39. The summed E-state index contributed by atoms with van der Waals surface area (Å²) >= 11 is 0. The van der Waals surface area contributed by atoms with Gasteiger partial charge in [0.25, 0.3) is 0 Å². The molecule has 2 aromatic carbocycles. The monoisotopic (exact) mass is 344 g/mol. The van der Waals surface area contributed by atoms with Gasteiger partial charge in [0.05, 0.1) is 4.90 Å². The van der Waals surface area contributed by atoms with Crippen LogP contribution in [-0.2, 0) is 16.6 Å². The Morgan fingerprint density at radius 3 is 2.17 bits per heavy atom. The van der Waals surface area contributed by atoms with Gasteiger partial charge in [-0.05, 0) is 42.7 Å². The summed E-state index contributed by atoms with van der Waals surface area (Å²) in [5.74, 6) is 0. The summed E-state index contributed by atoms with van der Waals surface area (Å²) in [6.45, 7) is 7.43. The Bertz CT molecular complexity index is 795. The van der Waals surface area contributed by atoms with Gasteiger partial charge in [-0.2, -0.15) is 4.31 Å². The van der Waals surface area contributed by atoms with E-state index in [4.69, 9.17) is 0 Å². The highest BCUT2D eigenvalue weighted by atomic mass is 32.2. The topological polar surface area (TPSA) is 40.6 Å². The van der Waals surface area contributed by atoms with E-state index >= 15 is 0 Å². The molecule has 1 fully saturated rings. The highest BCUT2D eigenvalue weighted by Crippen LogP contribution is 2.21. The van der Waals surface area contributed by atoms with Gasteiger partial charge in [0.15, 0.2) is 0 Å². The van der Waals surface area contributed by atoms with Gasteiger partial charge in [0.1, 0.15) is 0 Å². The SMILES string of the molecule is Cc1ccc(S(=O)(=O)N2CCN(Cc3ccccc3)CC2)cc1C. The Morgan fingerprint density at radius 1 is 0.875 bits per heavy atom. The van der Waals surface area contributed by atoms with Crippen molar-refractivity contribution in [2.45, 2.75) is 25.3 Å². The zero-order valence-electron chi connectivity index (χ0n) is 14.3. The van der Waals surface area contributed by atoms with Crippen LogP contribution in [-0.4, -0.2) is 43.8 Å². The molecule has 1 saturated heterocycles. The number of nitrogens with zero attached hydrogens (tertiary/aromatic N) is 2. The zero-order chi connectivity index (χ0) is 17.2. The zero-order valence-corrected chi connectivity index (χ0v) is 15.1. The molecule has 0 N–H and O–H groups in total. The van der Waals surface area contributed by atoms with E-state index in [1.54, 1.807) is 16.4 Å². The summed E-state index contributed by atoms with van der Waals surface area (Å²) < 4.78 is 27.3. The third kappa shape index (κ3) is 3.69. The molecule has 0 amide bonds. The Balaban J connectivity index is 1.66. The van der Waals surface area contributed by atoms with Crippen molar-refractivity contribution < 1.29 is 8.42 Å². The molecule has 3 rings (SSSR count). The lowest BCUT2D eigenvalue weighted by molar-refractivity contribution is 0.181. The van der Waals surface area contributed by atoms with Crippen molar-refractivity contribution in [1.82, 2.24) is 9.21 Å². The number of rotatable bonds is 4. The Hall–Kier alpha value is -1.69. The van der Waals surface area contributed by atoms with Crippen LogP contribution in [0.4, 0.5) is 0 Å². The van der Waals surface area contributed by atoms with E-state index in [1.165, 1.54) is 5.56 Å². The van der Waals surface area contributed by atoms with E-state index < -0.39 is 10.0 Å². The minimum atomic E-state index is -3.39. The molecule has 0 radical (unpaired) electrons. The Labute approximate surface area is 144 Å². The molecule has 0 atom stereocenters. The van der Waals surface area contributed by atoms with Crippen LogP contribution in [0, 0.1) is 13.8 Å². The normalized spacial score (nSPS) is 17.1. The number of hydrogen-bond donors (Lipinski definition) is 0. The van der Waals surface area contributed by atoms with E-state index in [2.05, 4.69) is 17.0 Å². The third-order valence-corrected chi connectivity index (χ3v) is 6.59. The van der Waals surface area contributed by atoms with Crippen LogP contribution in [0.2, 0.25) is 0 Å². The van der Waals surface area contributed by atoms with Crippen molar-refractivity contribution in [3.8, 4) is 0 Å². The standard InChI is InChI=1S/C19H24N2O2S/c1-16-8-9-19(14-17(16)2)24(22,23)21-12-10-20(11-13-21)15-18-6-4-3-5-7-18/h3-9,14H,10-13,15H2,1-2H3. The van der Waals surface area contributed by atoms with Crippen LogP contribution in [0.1, 0.15) is 16.7 Å². The van der Waals surface area contributed by atoms with Crippen LogP contribution in [0.5, 0.6) is 0 Å². The van der Waals surface area contributed by atoms with Crippen LogP contribution in [0.3, 0.4) is 0 Å². The maximum Gasteiger partial charge on any atom is 0.243 e. The minimum Gasteiger partial charge on any atom is -0.296 e.